The number of carbonyl (C=O) groups is 1. The summed E-state index contributed by atoms with van der Waals surface area (Å²) in [5.41, 5.74) is 0.937. The lowest BCUT2D eigenvalue weighted by atomic mass is 10.3. The van der Waals surface area contributed by atoms with Crippen LogP contribution in [0.15, 0.2) is 24.3 Å². The molecule has 1 aromatic heterocycles. The molecule has 0 bridgehead atoms. The molecule has 27 heavy (non-hydrogen) atoms. The zero-order valence-electron chi connectivity index (χ0n) is 16.3. The van der Waals surface area contributed by atoms with Crippen LogP contribution in [0.1, 0.15) is 0 Å². The fourth-order valence-corrected chi connectivity index (χ4v) is 3.95. The molecule has 4 rings (SSSR count). The second kappa shape index (κ2) is 10.1. The highest BCUT2D eigenvalue weighted by Crippen LogP contribution is 2.25. The van der Waals surface area contributed by atoms with Gasteiger partial charge in [-0.15, -0.1) is 0 Å². The lowest BCUT2D eigenvalue weighted by Crippen LogP contribution is -2.47. The summed E-state index contributed by atoms with van der Waals surface area (Å²) in [5.74, 6) is 0.0219. The molecule has 7 nitrogen and oxygen atoms in total. The Morgan fingerprint density at radius 1 is 1.07 bits per heavy atom. The highest BCUT2D eigenvalue weighted by atomic mass is 32.1. The lowest BCUT2D eigenvalue weighted by molar-refractivity contribution is -0.117. The SMILES string of the molecule is CN1CCN(CC(=O)Nc2nc3ccccc3s2)CC1.CN1CCNCC1. The maximum atomic E-state index is 12.0. The van der Waals surface area contributed by atoms with Gasteiger partial charge in [0.25, 0.3) is 0 Å². The topological polar surface area (TPSA) is 63.7 Å². The van der Waals surface area contributed by atoms with Gasteiger partial charge in [0.1, 0.15) is 0 Å². The van der Waals surface area contributed by atoms with E-state index < -0.39 is 0 Å². The zero-order valence-corrected chi connectivity index (χ0v) is 17.1. The molecule has 2 fully saturated rings. The number of hydrogen-bond acceptors (Lipinski definition) is 7. The van der Waals surface area contributed by atoms with Gasteiger partial charge in [0.05, 0.1) is 16.8 Å². The molecule has 0 spiro atoms. The number of nitrogens with one attached hydrogen (secondary N) is 2. The van der Waals surface area contributed by atoms with Crippen molar-refractivity contribution in [1.82, 2.24) is 25.0 Å². The summed E-state index contributed by atoms with van der Waals surface area (Å²) in [7, 11) is 4.26. The number of amides is 1. The lowest BCUT2D eigenvalue weighted by Gasteiger charge is -2.31. The number of hydrogen-bond donors (Lipinski definition) is 2. The van der Waals surface area contributed by atoms with Crippen molar-refractivity contribution in [2.75, 3.05) is 78.3 Å². The van der Waals surface area contributed by atoms with E-state index in [1.807, 2.05) is 24.3 Å². The van der Waals surface area contributed by atoms with Crippen molar-refractivity contribution in [3.8, 4) is 0 Å². The molecule has 148 valence electrons. The summed E-state index contributed by atoms with van der Waals surface area (Å²) in [6.45, 7) is 9.13. The Morgan fingerprint density at radius 2 is 1.74 bits per heavy atom. The van der Waals surface area contributed by atoms with Gasteiger partial charge in [-0.25, -0.2) is 4.98 Å². The molecule has 8 heteroatoms. The monoisotopic (exact) mass is 390 g/mol. The predicted molar refractivity (Wildman–Crippen MR) is 113 cm³/mol. The summed E-state index contributed by atoms with van der Waals surface area (Å²) in [6, 6.07) is 7.92. The predicted octanol–water partition coefficient (Wildman–Crippen LogP) is 1.00. The first-order valence-corrected chi connectivity index (χ1v) is 10.4. The van der Waals surface area contributed by atoms with Gasteiger partial charge in [-0.3, -0.25) is 9.69 Å². The first-order chi connectivity index (χ1) is 13.1. The Bertz CT molecular complexity index is 689. The normalized spacial score (nSPS) is 19.5. The van der Waals surface area contributed by atoms with Gasteiger partial charge in [0.15, 0.2) is 5.13 Å². The number of fused-ring (bicyclic) bond motifs is 1. The highest BCUT2D eigenvalue weighted by molar-refractivity contribution is 7.22. The molecule has 2 N–H and O–H groups in total. The second-order valence-electron chi connectivity index (χ2n) is 7.17. The molecule has 0 atom stereocenters. The van der Waals surface area contributed by atoms with Gasteiger partial charge in [0, 0.05) is 52.4 Å². The first-order valence-electron chi connectivity index (χ1n) is 9.56. The molecule has 1 aromatic carbocycles. The summed E-state index contributed by atoms with van der Waals surface area (Å²) in [4.78, 5) is 23.2. The van der Waals surface area contributed by atoms with Gasteiger partial charge >= 0.3 is 0 Å². The van der Waals surface area contributed by atoms with Crippen molar-refractivity contribution in [2.45, 2.75) is 0 Å². The van der Waals surface area contributed by atoms with Crippen molar-refractivity contribution >= 4 is 32.6 Å². The zero-order chi connectivity index (χ0) is 19.1. The van der Waals surface area contributed by atoms with Gasteiger partial charge in [-0.05, 0) is 26.2 Å². The number of likely N-dealkylation sites (N-methyl/N-ethyl adjacent to an activating group) is 2. The Hall–Kier alpha value is -1.58. The number of benzene rings is 1. The van der Waals surface area contributed by atoms with E-state index in [1.165, 1.54) is 24.4 Å². The van der Waals surface area contributed by atoms with Gasteiger partial charge in [0.2, 0.25) is 5.91 Å². The molecule has 2 saturated heterocycles. The number of aromatic nitrogens is 1. The number of anilines is 1. The highest BCUT2D eigenvalue weighted by Gasteiger charge is 2.17. The van der Waals surface area contributed by atoms with Crippen LogP contribution in [-0.4, -0.2) is 98.6 Å². The first kappa shape index (κ1) is 20.2. The maximum Gasteiger partial charge on any atom is 0.240 e. The molecule has 1 amide bonds. The van der Waals surface area contributed by atoms with E-state index in [-0.39, 0.29) is 5.91 Å². The van der Waals surface area contributed by atoms with Crippen LogP contribution in [0.25, 0.3) is 10.2 Å². The molecule has 2 aliphatic rings. The van der Waals surface area contributed by atoms with E-state index in [9.17, 15) is 4.79 Å². The number of para-hydroxylation sites is 1. The molecule has 0 aliphatic carbocycles. The molecular weight excluding hydrogens is 360 g/mol. The van der Waals surface area contributed by atoms with Crippen molar-refractivity contribution in [3.63, 3.8) is 0 Å². The average molecular weight is 391 g/mol. The van der Waals surface area contributed by atoms with E-state index in [1.54, 1.807) is 0 Å². The standard InChI is InChI=1S/C14H18N4OS.C5H12N2/c1-17-6-8-18(9-7-17)10-13(19)16-14-15-11-4-2-3-5-12(11)20-14;1-7-4-2-6-3-5-7/h2-5H,6-10H2,1H3,(H,15,16,19);6H,2-5H2,1H3. The number of piperazine rings is 2. The third-order valence-corrected chi connectivity index (χ3v) is 5.80. The van der Waals surface area contributed by atoms with Crippen LogP contribution in [0.4, 0.5) is 5.13 Å². The van der Waals surface area contributed by atoms with Crippen LogP contribution in [-0.2, 0) is 4.79 Å². The summed E-state index contributed by atoms with van der Waals surface area (Å²) in [6.07, 6.45) is 0. The van der Waals surface area contributed by atoms with Crippen molar-refractivity contribution < 1.29 is 4.79 Å². The minimum atomic E-state index is 0.0219. The quantitative estimate of drug-likeness (QED) is 0.815. The molecule has 2 aromatic rings. The largest absolute Gasteiger partial charge is 0.314 e. The Labute approximate surface area is 165 Å². The Balaban J connectivity index is 0.000000253. The average Bonchev–Trinajstić information content (AvgIpc) is 3.07. The molecule has 2 aliphatic heterocycles. The van der Waals surface area contributed by atoms with E-state index in [4.69, 9.17) is 0 Å². The second-order valence-corrected chi connectivity index (χ2v) is 8.20. The minimum absolute atomic E-state index is 0.0219. The van der Waals surface area contributed by atoms with Gasteiger partial charge in [-0.2, -0.15) is 0 Å². The van der Waals surface area contributed by atoms with Crippen molar-refractivity contribution in [2.24, 2.45) is 0 Å². The number of nitrogens with zero attached hydrogens (tertiary/aromatic N) is 4. The van der Waals surface area contributed by atoms with Crippen LogP contribution in [0, 0.1) is 0 Å². The summed E-state index contributed by atoms with van der Waals surface area (Å²) in [5, 5.41) is 6.86. The van der Waals surface area contributed by atoms with Crippen LogP contribution < -0.4 is 10.6 Å². The Kier molecular flexibility index (Phi) is 7.54. The Morgan fingerprint density at radius 3 is 2.37 bits per heavy atom. The van der Waals surface area contributed by atoms with Gasteiger partial charge in [-0.1, -0.05) is 23.5 Å². The number of thiazole rings is 1. The summed E-state index contributed by atoms with van der Waals surface area (Å²) >= 11 is 1.52. The number of rotatable bonds is 3. The molecule has 3 heterocycles. The van der Waals surface area contributed by atoms with Crippen LogP contribution in [0.3, 0.4) is 0 Å². The van der Waals surface area contributed by atoms with E-state index in [0.29, 0.717) is 11.7 Å². The fourth-order valence-electron chi connectivity index (χ4n) is 3.07. The van der Waals surface area contributed by atoms with Crippen molar-refractivity contribution in [1.29, 1.82) is 0 Å². The van der Waals surface area contributed by atoms with Gasteiger partial charge < -0.3 is 20.4 Å². The smallest absolute Gasteiger partial charge is 0.240 e. The third-order valence-electron chi connectivity index (χ3n) is 4.84. The minimum Gasteiger partial charge on any atom is -0.314 e. The molecule has 0 unspecified atom stereocenters. The van der Waals surface area contributed by atoms with Crippen molar-refractivity contribution in [3.05, 3.63) is 24.3 Å². The summed E-state index contributed by atoms with van der Waals surface area (Å²) < 4.78 is 1.10. The van der Waals surface area contributed by atoms with Crippen LogP contribution in [0.5, 0.6) is 0 Å². The number of carbonyl (C=O) groups excluding carboxylic acids is 1. The van der Waals surface area contributed by atoms with Crippen LogP contribution >= 0.6 is 11.3 Å². The molecular formula is C19H30N6OS. The van der Waals surface area contributed by atoms with E-state index in [0.717, 1.165) is 49.5 Å². The molecule has 0 radical (unpaired) electrons. The van der Waals surface area contributed by atoms with E-state index >= 15 is 0 Å². The fraction of sp³-hybridized carbons (Fsp3) is 0.579. The third kappa shape index (κ3) is 6.51. The van der Waals surface area contributed by atoms with E-state index in [2.05, 4.69) is 44.4 Å². The molecule has 0 saturated carbocycles. The van der Waals surface area contributed by atoms with Crippen LogP contribution in [0.2, 0.25) is 0 Å². The maximum absolute atomic E-state index is 12.0.